The number of carbonyl (C=O) groups excluding carboxylic acids is 1. The maximum Gasteiger partial charge on any atom is 0.237 e. The van der Waals surface area contributed by atoms with E-state index in [0.29, 0.717) is 19.8 Å². The lowest BCUT2D eigenvalue weighted by Crippen LogP contribution is -2.49. The molecule has 1 amide bonds. The number of aromatic nitrogens is 2. The molecule has 6 nitrogen and oxygen atoms in total. The first kappa shape index (κ1) is 15.0. The third-order valence-electron chi connectivity index (χ3n) is 4.07. The Kier molecular flexibility index (Phi) is 4.77. The third-order valence-corrected chi connectivity index (χ3v) is 4.07. The van der Waals surface area contributed by atoms with Crippen LogP contribution in [-0.4, -0.2) is 52.9 Å². The molecule has 2 heterocycles. The number of nitrogens with one attached hydrogen (secondary N) is 1. The number of nitrogens with zero attached hydrogens (tertiary/aromatic N) is 3. The number of hydrogen-bond donors (Lipinski definition) is 1. The van der Waals surface area contributed by atoms with Gasteiger partial charge in [-0.25, -0.2) is 0 Å². The molecule has 6 heteroatoms. The van der Waals surface area contributed by atoms with Crippen molar-refractivity contribution in [3.8, 4) is 0 Å². The van der Waals surface area contributed by atoms with Crippen LogP contribution in [0.1, 0.15) is 23.9 Å². The highest BCUT2D eigenvalue weighted by molar-refractivity contribution is 5.81. The number of aryl methyl sites for hydroxylation is 2. The molecule has 1 saturated heterocycles. The van der Waals surface area contributed by atoms with Crippen LogP contribution in [0.2, 0.25) is 0 Å². The number of carbonyl (C=O) groups is 1. The van der Waals surface area contributed by atoms with Crippen molar-refractivity contribution >= 4 is 5.91 Å². The standard InChI is InChI=1S/C14H24N4O2/c1-10-13(11(2)17(4)16-10)9-15-14(19)12(3)18-5-7-20-8-6-18/h12H,5-9H2,1-4H3,(H,15,19). The molecule has 112 valence electrons. The highest BCUT2D eigenvalue weighted by Crippen LogP contribution is 2.11. The summed E-state index contributed by atoms with van der Waals surface area (Å²) >= 11 is 0. The van der Waals surface area contributed by atoms with Gasteiger partial charge in [0.15, 0.2) is 0 Å². The van der Waals surface area contributed by atoms with Crippen molar-refractivity contribution in [2.24, 2.45) is 7.05 Å². The smallest absolute Gasteiger partial charge is 0.237 e. The number of rotatable bonds is 4. The van der Waals surface area contributed by atoms with Crippen LogP contribution in [0.3, 0.4) is 0 Å². The first-order chi connectivity index (χ1) is 9.50. The summed E-state index contributed by atoms with van der Waals surface area (Å²) in [6, 6.07) is -0.115. The van der Waals surface area contributed by atoms with Crippen LogP contribution in [0.4, 0.5) is 0 Å². The van der Waals surface area contributed by atoms with Crippen molar-refractivity contribution in [1.29, 1.82) is 0 Å². The maximum absolute atomic E-state index is 12.2. The van der Waals surface area contributed by atoms with Gasteiger partial charge in [-0.1, -0.05) is 0 Å². The number of ether oxygens (including phenoxy) is 1. The molecule has 1 atom stereocenters. The molecule has 0 aromatic carbocycles. The van der Waals surface area contributed by atoms with E-state index in [-0.39, 0.29) is 11.9 Å². The Balaban J connectivity index is 1.91. The summed E-state index contributed by atoms with van der Waals surface area (Å²) in [4.78, 5) is 14.4. The van der Waals surface area contributed by atoms with Crippen LogP contribution >= 0.6 is 0 Å². The van der Waals surface area contributed by atoms with Gasteiger partial charge in [-0.2, -0.15) is 5.10 Å². The molecule has 0 spiro atoms. The van der Waals surface area contributed by atoms with Crippen molar-refractivity contribution < 1.29 is 9.53 Å². The van der Waals surface area contributed by atoms with Crippen molar-refractivity contribution in [2.75, 3.05) is 26.3 Å². The van der Waals surface area contributed by atoms with Crippen LogP contribution in [0.25, 0.3) is 0 Å². The second kappa shape index (κ2) is 6.37. The van der Waals surface area contributed by atoms with Crippen molar-refractivity contribution in [1.82, 2.24) is 20.0 Å². The molecule has 0 saturated carbocycles. The topological polar surface area (TPSA) is 59.4 Å². The fraction of sp³-hybridized carbons (Fsp3) is 0.714. The highest BCUT2D eigenvalue weighted by Gasteiger charge is 2.23. The number of hydrogen-bond acceptors (Lipinski definition) is 4. The zero-order chi connectivity index (χ0) is 14.7. The van der Waals surface area contributed by atoms with Gasteiger partial charge >= 0.3 is 0 Å². The summed E-state index contributed by atoms with van der Waals surface area (Å²) in [5.74, 6) is 0.0644. The van der Waals surface area contributed by atoms with Crippen molar-refractivity contribution in [3.05, 3.63) is 17.0 Å². The average Bonchev–Trinajstić information content (AvgIpc) is 2.70. The fourth-order valence-corrected chi connectivity index (χ4v) is 2.53. The Labute approximate surface area is 120 Å². The molecule has 1 unspecified atom stereocenters. The lowest BCUT2D eigenvalue weighted by Gasteiger charge is -2.31. The minimum atomic E-state index is -0.115. The predicted molar refractivity (Wildman–Crippen MR) is 76.4 cm³/mol. The van der Waals surface area contributed by atoms with Crippen molar-refractivity contribution in [3.63, 3.8) is 0 Å². The molecule has 1 aromatic rings. The van der Waals surface area contributed by atoms with Crippen LogP contribution in [-0.2, 0) is 23.1 Å². The summed E-state index contributed by atoms with van der Waals surface area (Å²) in [6.45, 7) is 9.53. The summed E-state index contributed by atoms with van der Waals surface area (Å²) in [6.07, 6.45) is 0. The third kappa shape index (κ3) is 3.19. The number of amides is 1. The van der Waals surface area contributed by atoms with Crippen molar-refractivity contribution in [2.45, 2.75) is 33.4 Å². The first-order valence-corrected chi connectivity index (χ1v) is 7.09. The summed E-state index contributed by atoms with van der Waals surface area (Å²) in [5, 5.41) is 7.38. The van der Waals surface area contributed by atoms with E-state index in [4.69, 9.17) is 4.74 Å². The van der Waals surface area contributed by atoms with Gasteiger partial charge in [-0.05, 0) is 20.8 Å². The van der Waals surface area contributed by atoms with Gasteiger partial charge in [0, 0.05) is 37.9 Å². The maximum atomic E-state index is 12.2. The van der Waals surface area contributed by atoms with E-state index in [2.05, 4.69) is 15.3 Å². The molecule has 0 aliphatic carbocycles. The predicted octanol–water partition coefficient (Wildman–Crippen LogP) is 0.374. The van der Waals surface area contributed by atoms with E-state index in [1.54, 1.807) is 0 Å². The minimum Gasteiger partial charge on any atom is -0.379 e. The normalized spacial score (nSPS) is 18.0. The quantitative estimate of drug-likeness (QED) is 0.866. The van der Waals surface area contributed by atoms with Gasteiger partial charge in [-0.3, -0.25) is 14.4 Å². The zero-order valence-corrected chi connectivity index (χ0v) is 12.8. The van der Waals surface area contributed by atoms with Crippen LogP contribution in [0.15, 0.2) is 0 Å². The minimum absolute atomic E-state index is 0.0644. The summed E-state index contributed by atoms with van der Waals surface area (Å²) in [7, 11) is 1.92. The Morgan fingerprint density at radius 2 is 2.05 bits per heavy atom. The van der Waals surface area contributed by atoms with E-state index in [1.807, 2.05) is 32.5 Å². The Bertz CT molecular complexity index is 478. The Morgan fingerprint density at radius 1 is 1.40 bits per heavy atom. The summed E-state index contributed by atoms with van der Waals surface area (Å²) < 4.78 is 7.16. The zero-order valence-electron chi connectivity index (χ0n) is 12.8. The van der Waals surface area contributed by atoms with Crippen LogP contribution < -0.4 is 5.32 Å². The lowest BCUT2D eigenvalue weighted by atomic mass is 10.2. The SMILES string of the molecule is Cc1nn(C)c(C)c1CNC(=O)C(C)N1CCOCC1. The van der Waals surface area contributed by atoms with Gasteiger partial charge in [0.05, 0.1) is 24.9 Å². The van der Waals surface area contributed by atoms with Crippen LogP contribution in [0, 0.1) is 13.8 Å². The molecule has 1 N–H and O–H groups in total. The second-order valence-electron chi connectivity index (χ2n) is 5.32. The average molecular weight is 280 g/mol. The molecule has 2 rings (SSSR count). The second-order valence-corrected chi connectivity index (χ2v) is 5.32. The monoisotopic (exact) mass is 280 g/mol. The molecule has 1 aliphatic rings. The van der Waals surface area contributed by atoms with Gasteiger partial charge in [0.25, 0.3) is 0 Å². The molecule has 0 bridgehead atoms. The van der Waals surface area contributed by atoms with E-state index in [0.717, 1.165) is 30.0 Å². The summed E-state index contributed by atoms with van der Waals surface area (Å²) in [5.41, 5.74) is 3.18. The first-order valence-electron chi connectivity index (χ1n) is 7.09. The molecule has 1 fully saturated rings. The molecule has 1 aromatic heterocycles. The van der Waals surface area contributed by atoms with E-state index < -0.39 is 0 Å². The van der Waals surface area contributed by atoms with Gasteiger partial charge in [-0.15, -0.1) is 0 Å². The Hall–Kier alpha value is -1.40. The fourth-order valence-electron chi connectivity index (χ4n) is 2.53. The van der Waals surface area contributed by atoms with Gasteiger partial charge in [0.2, 0.25) is 5.91 Å². The van der Waals surface area contributed by atoms with Gasteiger partial charge < -0.3 is 10.1 Å². The van der Waals surface area contributed by atoms with E-state index in [1.165, 1.54) is 0 Å². The largest absolute Gasteiger partial charge is 0.379 e. The molecule has 0 radical (unpaired) electrons. The van der Waals surface area contributed by atoms with Crippen LogP contribution in [0.5, 0.6) is 0 Å². The molecule has 20 heavy (non-hydrogen) atoms. The van der Waals surface area contributed by atoms with E-state index in [9.17, 15) is 4.79 Å². The van der Waals surface area contributed by atoms with Gasteiger partial charge in [0.1, 0.15) is 0 Å². The highest BCUT2D eigenvalue weighted by atomic mass is 16.5. The molecular weight excluding hydrogens is 256 g/mol. The number of morpholine rings is 1. The Morgan fingerprint density at radius 3 is 2.60 bits per heavy atom. The molecular formula is C14H24N4O2. The van der Waals surface area contributed by atoms with E-state index >= 15 is 0 Å². The molecule has 1 aliphatic heterocycles. The lowest BCUT2D eigenvalue weighted by molar-refractivity contribution is -0.127.